The van der Waals surface area contributed by atoms with Crippen molar-refractivity contribution in [2.75, 3.05) is 31.6 Å². The van der Waals surface area contributed by atoms with Crippen LogP contribution < -0.4 is 4.90 Å². The smallest absolute Gasteiger partial charge is 0.186 e. The highest BCUT2D eigenvalue weighted by Crippen LogP contribution is 2.25. The van der Waals surface area contributed by atoms with Crippen molar-refractivity contribution in [3.63, 3.8) is 0 Å². The summed E-state index contributed by atoms with van der Waals surface area (Å²) in [4.78, 5) is 9.29. The van der Waals surface area contributed by atoms with E-state index >= 15 is 0 Å². The van der Waals surface area contributed by atoms with Crippen LogP contribution in [0.25, 0.3) is 0 Å². The van der Waals surface area contributed by atoms with E-state index in [0.717, 1.165) is 16.3 Å². The molecule has 0 spiro atoms. The third-order valence-corrected chi connectivity index (χ3v) is 4.84. The number of rotatable bonds is 4. The van der Waals surface area contributed by atoms with Gasteiger partial charge >= 0.3 is 0 Å². The molecule has 1 atom stereocenters. The summed E-state index contributed by atoms with van der Waals surface area (Å²) in [5, 5.41) is 3.15. The first kappa shape index (κ1) is 12.3. The molecule has 1 aromatic heterocycles. The molecule has 1 unspecified atom stereocenters. The maximum Gasteiger partial charge on any atom is 0.186 e. The lowest BCUT2D eigenvalue weighted by molar-refractivity contribution is 0.270. The lowest BCUT2D eigenvalue weighted by atomic mass is 10.2. The minimum Gasteiger partial charge on any atom is -0.350 e. The monoisotopic (exact) mass is 303 g/mol. The third-order valence-electron chi connectivity index (χ3n) is 3.18. The Bertz CT molecular complexity index is 342. The summed E-state index contributed by atoms with van der Waals surface area (Å²) in [6, 6.07) is 0.706. The molecule has 2 heterocycles. The minimum atomic E-state index is 0.706. The van der Waals surface area contributed by atoms with Crippen LogP contribution >= 0.6 is 27.3 Å². The van der Waals surface area contributed by atoms with Gasteiger partial charge in [-0.05, 0) is 41.9 Å². The number of aromatic nitrogens is 1. The standard InChI is InChI=1S/C11H18BrN3S/c1-3-15-6-4-5-9(15)7-14(2)11-13-10(12)8-16-11/h8-9H,3-7H2,1-2H3. The maximum absolute atomic E-state index is 4.45. The molecule has 0 amide bonds. The average molecular weight is 304 g/mol. The van der Waals surface area contributed by atoms with E-state index in [2.05, 4.69) is 44.7 Å². The van der Waals surface area contributed by atoms with Crippen molar-refractivity contribution in [3.05, 3.63) is 9.98 Å². The van der Waals surface area contributed by atoms with Gasteiger partial charge in [0.1, 0.15) is 4.60 Å². The lowest BCUT2D eigenvalue weighted by Gasteiger charge is -2.27. The molecule has 3 nitrogen and oxygen atoms in total. The van der Waals surface area contributed by atoms with Crippen molar-refractivity contribution in [1.29, 1.82) is 0 Å². The Morgan fingerprint density at radius 1 is 1.69 bits per heavy atom. The van der Waals surface area contributed by atoms with Crippen LogP contribution in [-0.2, 0) is 0 Å². The number of halogens is 1. The zero-order valence-corrected chi connectivity index (χ0v) is 12.2. The molecule has 0 aromatic carbocycles. The Balaban J connectivity index is 1.94. The molecular weight excluding hydrogens is 286 g/mol. The Kier molecular flexibility index (Phi) is 4.21. The van der Waals surface area contributed by atoms with E-state index in [0.29, 0.717) is 6.04 Å². The second-order valence-corrected chi connectivity index (χ2v) is 5.91. The van der Waals surface area contributed by atoms with Gasteiger partial charge in [0.15, 0.2) is 5.13 Å². The fourth-order valence-electron chi connectivity index (χ4n) is 2.33. The van der Waals surface area contributed by atoms with Gasteiger partial charge in [0.25, 0.3) is 0 Å². The molecule has 16 heavy (non-hydrogen) atoms. The number of nitrogens with zero attached hydrogens (tertiary/aromatic N) is 3. The van der Waals surface area contributed by atoms with E-state index in [1.165, 1.54) is 25.9 Å². The van der Waals surface area contributed by atoms with Gasteiger partial charge in [0.05, 0.1) is 0 Å². The number of thiazole rings is 1. The first-order valence-corrected chi connectivity index (χ1v) is 7.44. The van der Waals surface area contributed by atoms with Crippen LogP contribution in [-0.4, -0.2) is 42.6 Å². The van der Waals surface area contributed by atoms with Crippen LogP contribution in [0.5, 0.6) is 0 Å². The van der Waals surface area contributed by atoms with Gasteiger partial charge in [0, 0.05) is 25.0 Å². The largest absolute Gasteiger partial charge is 0.350 e. The van der Waals surface area contributed by atoms with Crippen LogP contribution in [0.1, 0.15) is 19.8 Å². The molecular formula is C11H18BrN3S. The Morgan fingerprint density at radius 3 is 3.12 bits per heavy atom. The van der Waals surface area contributed by atoms with Crippen molar-refractivity contribution in [3.8, 4) is 0 Å². The molecule has 1 saturated heterocycles. The van der Waals surface area contributed by atoms with Crippen LogP contribution in [0.4, 0.5) is 5.13 Å². The highest BCUT2D eigenvalue weighted by molar-refractivity contribution is 9.10. The van der Waals surface area contributed by atoms with Gasteiger partial charge in [-0.1, -0.05) is 6.92 Å². The fourth-order valence-corrected chi connectivity index (χ4v) is 3.56. The van der Waals surface area contributed by atoms with E-state index < -0.39 is 0 Å². The molecule has 1 aliphatic rings. The van der Waals surface area contributed by atoms with Crippen LogP contribution in [0, 0.1) is 0 Å². The summed E-state index contributed by atoms with van der Waals surface area (Å²) in [7, 11) is 2.14. The normalized spacial score (nSPS) is 21.6. The third kappa shape index (κ3) is 2.76. The van der Waals surface area contributed by atoms with Crippen molar-refractivity contribution in [1.82, 2.24) is 9.88 Å². The molecule has 90 valence electrons. The van der Waals surface area contributed by atoms with E-state index in [1.54, 1.807) is 11.3 Å². The zero-order valence-electron chi connectivity index (χ0n) is 9.82. The number of hydrogen-bond donors (Lipinski definition) is 0. The van der Waals surface area contributed by atoms with Gasteiger partial charge in [-0.25, -0.2) is 4.98 Å². The summed E-state index contributed by atoms with van der Waals surface area (Å²) >= 11 is 5.10. The highest BCUT2D eigenvalue weighted by Gasteiger charge is 2.24. The van der Waals surface area contributed by atoms with Gasteiger partial charge < -0.3 is 4.90 Å². The lowest BCUT2D eigenvalue weighted by Crippen LogP contribution is -2.38. The Hall–Kier alpha value is -0.130. The van der Waals surface area contributed by atoms with Crippen molar-refractivity contribution in [2.24, 2.45) is 0 Å². The Labute approximate surface area is 110 Å². The van der Waals surface area contributed by atoms with Gasteiger partial charge in [0.2, 0.25) is 0 Å². The quantitative estimate of drug-likeness (QED) is 0.853. The second kappa shape index (κ2) is 5.47. The van der Waals surface area contributed by atoms with Gasteiger partial charge in [-0.15, -0.1) is 11.3 Å². The molecule has 0 aliphatic carbocycles. The number of anilines is 1. The van der Waals surface area contributed by atoms with Gasteiger partial charge in [-0.3, -0.25) is 4.90 Å². The van der Waals surface area contributed by atoms with Crippen molar-refractivity contribution >= 4 is 32.4 Å². The Morgan fingerprint density at radius 2 is 2.50 bits per heavy atom. The van der Waals surface area contributed by atoms with Crippen LogP contribution in [0.2, 0.25) is 0 Å². The van der Waals surface area contributed by atoms with Crippen molar-refractivity contribution in [2.45, 2.75) is 25.8 Å². The van der Waals surface area contributed by atoms with E-state index in [1.807, 2.05) is 5.38 Å². The average Bonchev–Trinajstić information content (AvgIpc) is 2.86. The summed E-state index contributed by atoms with van der Waals surface area (Å²) in [6.45, 7) is 5.77. The van der Waals surface area contributed by atoms with Crippen LogP contribution in [0.3, 0.4) is 0 Å². The van der Waals surface area contributed by atoms with E-state index in [-0.39, 0.29) is 0 Å². The van der Waals surface area contributed by atoms with Crippen molar-refractivity contribution < 1.29 is 0 Å². The fraction of sp³-hybridized carbons (Fsp3) is 0.727. The summed E-state index contributed by atoms with van der Waals surface area (Å²) < 4.78 is 0.943. The first-order chi connectivity index (χ1) is 7.70. The molecule has 5 heteroatoms. The topological polar surface area (TPSA) is 19.4 Å². The molecule has 0 radical (unpaired) electrons. The minimum absolute atomic E-state index is 0.706. The SMILES string of the molecule is CCN1CCCC1CN(C)c1nc(Br)cs1. The highest BCUT2D eigenvalue weighted by atomic mass is 79.9. The summed E-state index contributed by atoms with van der Waals surface area (Å²) in [5.41, 5.74) is 0. The molecule has 0 N–H and O–H groups in total. The predicted molar refractivity (Wildman–Crippen MR) is 73.4 cm³/mol. The maximum atomic E-state index is 4.45. The molecule has 0 bridgehead atoms. The molecule has 0 saturated carbocycles. The van der Waals surface area contributed by atoms with E-state index in [4.69, 9.17) is 0 Å². The summed E-state index contributed by atoms with van der Waals surface area (Å²) in [6.07, 6.45) is 2.67. The first-order valence-electron chi connectivity index (χ1n) is 5.77. The van der Waals surface area contributed by atoms with Gasteiger partial charge in [-0.2, -0.15) is 0 Å². The molecule has 2 rings (SSSR count). The predicted octanol–water partition coefficient (Wildman–Crippen LogP) is 2.83. The van der Waals surface area contributed by atoms with Crippen LogP contribution in [0.15, 0.2) is 9.98 Å². The molecule has 1 aliphatic heterocycles. The molecule has 1 aromatic rings. The zero-order chi connectivity index (χ0) is 11.5. The summed E-state index contributed by atoms with van der Waals surface area (Å²) in [5.74, 6) is 0. The molecule has 1 fully saturated rings. The number of likely N-dealkylation sites (tertiary alicyclic amines) is 1. The second-order valence-electron chi connectivity index (χ2n) is 4.26. The number of likely N-dealkylation sites (N-methyl/N-ethyl adjacent to an activating group) is 2. The van der Waals surface area contributed by atoms with E-state index in [9.17, 15) is 0 Å². The number of hydrogen-bond acceptors (Lipinski definition) is 4.